The van der Waals surface area contributed by atoms with Gasteiger partial charge in [-0.15, -0.1) is 0 Å². The molecule has 2 heterocycles. The molecule has 0 atom stereocenters. The average Bonchev–Trinajstić information content (AvgIpc) is 3.15. The SMILES string of the molecule is COC(=O)c1ccc(-c2ccc(/C=C3\SC(=O)N(C)C3=O)o2)c(C)c1. The number of thioether (sulfide) groups is 1. The highest BCUT2D eigenvalue weighted by Gasteiger charge is 2.32. The number of likely N-dealkylation sites (N-methyl/N-ethyl adjacent to an activating group) is 1. The Morgan fingerprint density at radius 3 is 2.60 bits per heavy atom. The molecule has 0 aliphatic carbocycles. The molecule has 1 saturated heterocycles. The highest BCUT2D eigenvalue weighted by molar-refractivity contribution is 8.18. The number of amides is 2. The van der Waals surface area contributed by atoms with Gasteiger partial charge in [-0.05, 0) is 48.5 Å². The molecule has 0 radical (unpaired) electrons. The van der Waals surface area contributed by atoms with Gasteiger partial charge in [0.1, 0.15) is 11.5 Å². The first-order valence-corrected chi connectivity index (χ1v) is 8.23. The Bertz CT molecular complexity index is 912. The Balaban J connectivity index is 1.88. The Labute approximate surface area is 148 Å². The van der Waals surface area contributed by atoms with Gasteiger partial charge in [0, 0.05) is 18.7 Å². The van der Waals surface area contributed by atoms with Crippen LogP contribution in [0.2, 0.25) is 0 Å². The van der Waals surface area contributed by atoms with Crippen molar-refractivity contribution in [2.24, 2.45) is 0 Å². The van der Waals surface area contributed by atoms with Crippen LogP contribution in [0.1, 0.15) is 21.7 Å². The van der Waals surface area contributed by atoms with Crippen LogP contribution in [0.5, 0.6) is 0 Å². The molecular formula is C18H15NO5S. The summed E-state index contributed by atoms with van der Waals surface area (Å²) in [7, 11) is 2.78. The molecule has 2 amide bonds. The van der Waals surface area contributed by atoms with Crippen LogP contribution in [0.4, 0.5) is 4.79 Å². The van der Waals surface area contributed by atoms with Crippen LogP contribution in [0.3, 0.4) is 0 Å². The first-order valence-electron chi connectivity index (χ1n) is 7.41. The highest BCUT2D eigenvalue weighted by atomic mass is 32.2. The predicted octanol–water partition coefficient (Wildman–Crippen LogP) is 3.71. The van der Waals surface area contributed by atoms with Crippen molar-refractivity contribution in [3.63, 3.8) is 0 Å². The maximum Gasteiger partial charge on any atom is 0.337 e. The summed E-state index contributed by atoms with van der Waals surface area (Å²) in [4.78, 5) is 36.4. The topological polar surface area (TPSA) is 76.8 Å². The van der Waals surface area contributed by atoms with Crippen LogP contribution in [-0.4, -0.2) is 36.2 Å². The maximum atomic E-state index is 11.9. The first kappa shape index (κ1) is 17.0. The fourth-order valence-electron chi connectivity index (χ4n) is 2.43. The van der Waals surface area contributed by atoms with E-state index in [1.807, 2.05) is 6.92 Å². The summed E-state index contributed by atoms with van der Waals surface area (Å²) in [6, 6.07) is 8.68. The highest BCUT2D eigenvalue weighted by Crippen LogP contribution is 2.33. The molecule has 1 fully saturated rings. The van der Waals surface area contributed by atoms with Gasteiger partial charge >= 0.3 is 5.97 Å². The molecule has 0 bridgehead atoms. The number of nitrogens with zero attached hydrogens (tertiary/aromatic N) is 1. The quantitative estimate of drug-likeness (QED) is 0.616. The monoisotopic (exact) mass is 357 g/mol. The molecule has 0 N–H and O–H groups in total. The van der Waals surface area contributed by atoms with Gasteiger partial charge in [0.05, 0.1) is 17.6 Å². The standard InChI is InChI=1S/C18H15NO5S/c1-10-8-11(17(21)23-3)4-6-13(10)14-7-5-12(24-14)9-15-16(20)19(2)18(22)25-15/h4-9H,1-3H3/b15-9-. The van der Waals surface area contributed by atoms with Gasteiger partial charge in [-0.25, -0.2) is 4.79 Å². The lowest BCUT2D eigenvalue weighted by molar-refractivity contribution is -0.121. The number of furan rings is 1. The normalized spacial score (nSPS) is 16.0. The number of benzene rings is 1. The lowest BCUT2D eigenvalue weighted by atomic mass is 10.0. The summed E-state index contributed by atoms with van der Waals surface area (Å²) in [6.07, 6.45) is 1.55. The minimum Gasteiger partial charge on any atom is -0.465 e. The van der Waals surface area contributed by atoms with Gasteiger partial charge < -0.3 is 9.15 Å². The second kappa shape index (κ2) is 6.60. The van der Waals surface area contributed by atoms with Crippen molar-refractivity contribution in [1.29, 1.82) is 0 Å². The second-order valence-electron chi connectivity index (χ2n) is 5.46. The van der Waals surface area contributed by atoms with E-state index in [1.54, 1.807) is 36.4 Å². The molecular weight excluding hydrogens is 342 g/mol. The van der Waals surface area contributed by atoms with Gasteiger partial charge in [0.15, 0.2) is 0 Å². The van der Waals surface area contributed by atoms with E-state index in [-0.39, 0.29) is 11.1 Å². The zero-order valence-electron chi connectivity index (χ0n) is 13.9. The number of aryl methyl sites for hydroxylation is 1. The molecule has 1 aromatic carbocycles. The van der Waals surface area contributed by atoms with Crippen molar-refractivity contribution >= 4 is 35.0 Å². The van der Waals surface area contributed by atoms with Gasteiger partial charge in [0.25, 0.3) is 11.1 Å². The number of imide groups is 1. The number of carbonyl (C=O) groups excluding carboxylic acids is 3. The zero-order valence-corrected chi connectivity index (χ0v) is 14.7. The first-order chi connectivity index (χ1) is 11.9. The number of ether oxygens (including phenoxy) is 1. The van der Waals surface area contributed by atoms with E-state index in [0.717, 1.165) is 27.8 Å². The van der Waals surface area contributed by atoms with Crippen LogP contribution in [-0.2, 0) is 9.53 Å². The molecule has 6 nitrogen and oxygen atoms in total. The molecule has 3 rings (SSSR count). The van der Waals surface area contributed by atoms with E-state index >= 15 is 0 Å². The Kier molecular flexibility index (Phi) is 4.50. The van der Waals surface area contributed by atoms with E-state index < -0.39 is 5.97 Å². The fraction of sp³-hybridized carbons (Fsp3) is 0.167. The Hall–Kier alpha value is -2.80. The van der Waals surface area contributed by atoms with Crippen molar-refractivity contribution in [2.75, 3.05) is 14.2 Å². The van der Waals surface area contributed by atoms with Crippen molar-refractivity contribution in [1.82, 2.24) is 4.90 Å². The molecule has 2 aromatic rings. The third-order valence-electron chi connectivity index (χ3n) is 3.80. The summed E-state index contributed by atoms with van der Waals surface area (Å²) >= 11 is 0.880. The van der Waals surface area contributed by atoms with Crippen LogP contribution in [0, 0.1) is 6.92 Å². The van der Waals surface area contributed by atoms with E-state index in [2.05, 4.69) is 0 Å². The average molecular weight is 357 g/mol. The zero-order chi connectivity index (χ0) is 18.1. The van der Waals surface area contributed by atoms with E-state index in [0.29, 0.717) is 22.0 Å². The van der Waals surface area contributed by atoms with Crippen molar-refractivity contribution in [2.45, 2.75) is 6.92 Å². The van der Waals surface area contributed by atoms with Crippen LogP contribution >= 0.6 is 11.8 Å². The maximum absolute atomic E-state index is 11.9. The van der Waals surface area contributed by atoms with E-state index in [4.69, 9.17) is 9.15 Å². The minimum atomic E-state index is -0.398. The smallest absolute Gasteiger partial charge is 0.337 e. The summed E-state index contributed by atoms with van der Waals surface area (Å²) in [5.74, 6) is 0.345. The molecule has 0 saturated carbocycles. The summed E-state index contributed by atoms with van der Waals surface area (Å²) in [5.41, 5.74) is 2.15. The summed E-state index contributed by atoms with van der Waals surface area (Å²) < 4.78 is 10.5. The summed E-state index contributed by atoms with van der Waals surface area (Å²) in [6.45, 7) is 1.87. The number of methoxy groups -OCH3 is 1. The molecule has 25 heavy (non-hydrogen) atoms. The summed E-state index contributed by atoms with van der Waals surface area (Å²) in [5, 5.41) is -0.308. The lowest BCUT2D eigenvalue weighted by Gasteiger charge is -2.05. The van der Waals surface area contributed by atoms with Gasteiger partial charge in [-0.3, -0.25) is 14.5 Å². The van der Waals surface area contributed by atoms with Gasteiger partial charge in [-0.1, -0.05) is 6.07 Å². The number of hydrogen-bond acceptors (Lipinski definition) is 6. The number of rotatable bonds is 3. The molecule has 0 unspecified atom stereocenters. The molecule has 7 heteroatoms. The molecule has 1 aromatic heterocycles. The van der Waals surface area contributed by atoms with Crippen molar-refractivity contribution in [3.05, 3.63) is 52.1 Å². The van der Waals surface area contributed by atoms with E-state index in [1.165, 1.54) is 14.2 Å². The lowest BCUT2D eigenvalue weighted by Crippen LogP contribution is -2.22. The van der Waals surface area contributed by atoms with Crippen molar-refractivity contribution in [3.8, 4) is 11.3 Å². The van der Waals surface area contributed by atoms with Crippen LogP contribution in [0.25, 0.3) is 17.4 Å². The number of esters is 1. The second-order valence-corrected chi connectivity index (χ2v) is 6.46. The fourth-order valence-corrected chi connectivity index (χ4v) is 3.24. The predicted molar refractivity (Wildman–Crippen MR) is 94.0 cm³/mol. The van der Waals surface area contributed by atoms with Gasteiger partial charge in [0.2, 0.25) is 0 Å². The van der Waals surface area contributed by atoms with Crippen LogP contribution < -0.4 is 0 Å². The third-order valence-corrected chi connectivity index (χ3v) is 4.76. The number of hydrogen-bond donors (Lipinski definition) is 0. The molecule has 1 aliphatic heterocycles. The number of carbonyl (C=O) groups is 3. The van der Waals surface area contributed by atoms with Gasteiger partial charge in [-0.2, -0.15) is 0 Å². The third kappa shape index (κ3) is 3.23. The Morgan fingerprint density at radius 1 is 1.24 bits per heavy atom. The minimum absolute atomic E-state index is 0.308. The van der Waals surface area contributed by atoms with Crippen LogP contribution in [0.15, 0.2) is 39.7 Å². The molecule has 128 valence electrons. The van der Waals surface area contributed by atoms with E-state index in [9.17, 15) is 14.4 Å². The molecule has 0 spiro atoms. The molecule has 1 aliphatic rings. The van der Waals surface area contributed by atoms with Crippen molar-refractivity contribution < 1.29 is 23.5 Å². The Morgan fingerprint density at radius 2 is 2.00 bits per heavy atom. The largest absolute Gasteiger partial charge is 0.465 e.